The molecule has 92 valence electrons. The van der Waals surface area contributed by atoms with Crippen molar-refractivity contribution in [3.05, 3.63) is 0 Å². The van der Waals surface area contributed by atoms with Gasteiger partial charge in [0.1, 0.15) is 6.04 Å². The standard InChI is InChI=1S/C9H16N2O5/c1-5(10)4-7(12)11-6(9(15)16)2-3-8(13)14/h5-6H,2-4,10H2,1H3,(H,11,12)(H,13,14)(H,15,16)/t5?,6-/m0/s1. The van der Waals surface area contributed by atoms with Crippen LogP contribution in [0.3, 0.4) is 0 Å². The monoisotopic (exact) mass is 232 g/mol. The zero-order chi connectivity index (χ0) is 12.7. The number of carbonyl (C=O) groups excluding carboxylic acids is 1. The third-order valence-corrected chi connectivity index (χ3v) is 1.79. The molecule has 0 aliphatic carbocycles. The first-order chi connectivity index (χ1) is 7.32. The number of hydrogen-bond donors (Lipinski definition) is 4. The lowest BCUT2D eigenvalue weighted by atomic mass is 10.1. The summed E-state index contributed by atoms with van der Waals surface area (Å²) >= 11 is 0. The van der Waals surface area contributed by atoms with Gasteiger partial charge < -0.3 is 21.3 Å². The molecule has 0 saturated heterocycles. The Morgan fingerprint density at radius 2 is 1.88 bits per heavy atom. The Kier molecular flexibility index (Phi) is 6.09. The molecule has 0 aromatic heterocycles. The third-order valence-electron chi connectivity index (χ3n) is 1.79. The van der Waals surface area contributed by atoms with Crippen molar-refractivity contribution in [1.82, 2.24) is 5.32 Å². The van der Waals surface area contributed by atoms with Gasteiger partial charge in [-0.15, -0.1) is 0 Å². The maximum Gasteiger partial charge on any atom is 0.326 e. The van der Waals surface area contributed by atoms with Gasteiger partial charge in [0.05, 0.1) is 0 Å². The predicted molar refractivity (Wildman–Crippen MR) is 54.7 cm³/mol. The smallest absolute Gasteiger partial charge is 0.326 e. The molecule has 0 rings (SSSR count). The fraction of sp³-hybridized carbons (Fsp3) is 0.667. The van der Waals surface area contributed by atoms with Gasteiger partial charge >= 0.3 is 11.9 Å². The highest BCUT2D eigenvalue weighted by Gasteiger charge is 2.21. The van der Waals surface area contributed by atoms with Crippen LogP contribution in [0.4, 0.5) is 0 Å². The molecule has 7 heteroatoms. The second-order valence-electron chi connectivity index (χ2n) is 3.57. The molecule has 2 atom stereocenters. The lowest BCUT2D eigenvalue weighted by Gasteiger charge is -2.14. The molecule has 0 spiro atoms. The first-order valence-electron chi connectivity index (χ1n) is 4.82. The predicted octanol–water partition coefficient (Wildman–Crippen LogP) is -0.842. The van der Waals surface area contributed by atoms with Crippen LogP contribution in [0.2, 0.25) is 0 Å². The first-order valence-corrected chi connectivity index (χ1v) is 4.82. The molecule has 0 aliphatic heterocycles. The normalized spacial score (nSPS) is 13.9. The van der Waals surface area contributed by atoms with E-state index < -0.39 is 23.9 Å². The van der Waals surface area contributed by atoms with Crippen molar-refractivity contribution in [3.8, 4) is 0 Å². The molecule has 0 aromatic rings. The van der Waals surface area contributed by atoms with E-state index in [9.17, 15) is 14.4 Å². The molecular formula is C9H16N2O5. The SMILES string of the molecule is CC(N)CC(=O)N[C@@H](CCC(=O)O)C(=O)O. The summed E-state index contributed by atoms with van der Waals surface area (Å²) in [5, 5.41) is 19.3. The third kappa shape index (κ3) is 6.77. The number of hydrogen-bond acceptors (Lipinski definition) is 4. The summed E-state index contributed by atoms with van der Waals surface area (Å²) in [5.74, 6) is -2.85. The van der Waals surface area contributed by atoms with Gasteiger partial charge in [-0.3, -0.25) is 9.59 Å². The van der Waals surface area contributed by atoms with Crippen LogP contribution in [0.1, 0.15) is 26.2 Å². The van der Waals surface area contributed by atoms with Crippen LogP contribution >= 0.6 is 0 Å². The highest BCUT2D eigenvalue weighted by Crippen LogP contribution is 1.99. The van der Waals surface area contributed by atoms with E-state index in [0.717, 1.165) is 0 Å². The lowest BCUT2D eigenvalue weighted by Crippen LogP contribution is -2.42. The molecule has 0 bridgehead atoms. The largest absolute Gasteiger partial charge is 0.481 e. The molecule has 0 saturated carbocycles. The highest BCUT2D eigenvalue weighted by molar-refractivity contribution is 5.84. The summed E-state index contributed by atoms with van der Waals surface area (Å²) in [6.07, 6.45) is -0.443. The Balaban J connectivity index is 4.17. The summed E-state index contributed by atoms with van der Waals surface area (Å²) in [7, 11) is 0. The Hall–Kier alpha value is -1.63. The van der Waals surface area contributed by atoms with Gasteiger partial charge in [0.15, 0.2) is 0 Å². The Bertz CT molecular complexity index is 277. The molecular weight excluding hydrogens is 216 g/mol. The number of rotatable bonds is 7. The fourth-order valence-electron chi connectivity index (χ4n) is 1.07. The summed E-state index contributed by atoms with van der Waals surface area (Å²) in [6.45, 7) is 1.62. The zero-order valence-electron chi connectivity index (χ0n) is 8.97. The van der Waals surface area contributed by atoms with Crippen LogP contribution in [0, 0.1) is 0 Å². The molecule has 0 fully saturated rings. The van der Waals surface area contributed by atoms with Crippen LogP contribution in [0.25, 0.3) is 0 Å². The van der Waals surface area contributed by atoms with Crippen molar-refractivity contribution in [2.24, 2.45) is 5.73 Å². The van der Waals surface area contributed by atoms with E-state index in [1.165, 1.54) is 0 Å². The summed E-state index contributed by atoms with van der Waals surface area (Å²) in [5.41, 5.74) is 5.36. The first kappa shape index (κ1) is 14.4. The summed E-state index contributed by atoms with van der Waals surface area (Å²) in [4.78, 5) is 32.2. The van der Waals surface area contributed by atoms with Gasteiger partial charge in [-0.25, -0.2) is 4.79 Å². The van der Waals surface area contributed by atoms with Gasteiger partial charge in [0.25, 0.3) is 0 Å². The van der Waals surface area contributed by atoms with Crippen molar-refractivity contribution < 1.29 is 24.6 Å². The van der Waals surface area contributed by atoms with E-state index in [0.29, 0.717) is 0 Å². The molecule has 0 aromatic carbocycles. The number of aliphatic carboxylic acids is 2. The molecule has 1 amide bonds. The van der Waals surface area contributed by atoms with Gasteiger partial charge in [-0.05, 0) is 13.3 Å². The molecule has 5 N–H and O–H groups in total. The van der Waals surface area contributed by atoms with E-state index in [1.807, 2.05) is 0 Å². The maximum atomic E-state index is 11.2. The summed E-state index contributed by atoms with van der Waals surface area (Å²) < 4.78 is 0. The average Bonchev–Trinajstić information content (AvgIpc) is 2.09. The topological polar surface area (TPSA) is 130 Å². The van der Waals surface area contributed by atoms with Crippen LogP contribution in [-0.4, -0.2) is 40.1 Å². The molecule has 0 aliphatic rings. The molecule has 0 radical (unpaired) electrons. The van der Waals surface area contributed by atoms with Crippen LogP contribution in [0.5, 0.6) is 0 Å². The van der Waals surface area contributed by atoms with Gasteiger partial charge in [-0.1, -0.05) is 0 Å². The van der Waals surface area contributed by atoms with Crippen LogP contribution < -0.4 is 11.1 Å². The van der Waals surface area contributed by atoms with Crippen molar-refractivity contribution in [2.45, 2.75) is 38.3 Å². The molecule has 16 heavy (non-hydrogen) atoms. The van der Waals surface area contributed by atoms with E-state index in [2.05, 4.69) is 5.32 Å². The van der Waals surface area contributed by atoms with Gasteiger partial charge in [0.2, 0.25) is 5.91 Å². The fourth-order valence-corrected chi connectivity index (χ4v) is 1.07. The number of carboxylic acid groups (broad SMARTS) is 2. The molecule has 0 heterocycles. The lowest BCUT2D eigenvalue weighted by molar-refractivity contribution is -0.143. The van der Waals surface area contributed by atoms with E-state index >= 15 is 0 Å². The van der Waals surface area contributed by atoms with E-state index in [1.54, 1.807) is 6.92 Å². The Morgan fingerprint density at radius 1 is 1.31 bits per heavy atom. The van der Waals surface area contributed by atoms with E-state index in [-0.39, 0.29) is 25.3 Å². The number of amides is 1. The van der Waals surface area contributed by atoms with Crippen LogP contribution in [0.15, 0.2) is 0 Å². The van der Waals surface area contributed by atoms with Crippen LogP contribution in [-0.2, 0) is 14.4 Å². The Labute approximate surface area is 92.6 Å². The van der Waals surface area contributed by atoms with Crippen molar-refractivity contribution in [2.75, 3.05) is 0 Å². The highest BCUT2D eigenvalue weighted by atomic mass is 16.4. The quantitative estimate of drug-likeness (QED) is 0.452. The minimum atomic E-state index is -1.25. The number of carboxylic acids is 2. The Morgan fingerprint density at radius 3 is 2.25 bits per heavy atom. The molecule has 1 unspecified atom stereocenters. The minimum absolute atomic E-state index is 0.0108. The maximum absolute atomic E-state index is 11.2. The average molecular weight is 232 g/mol. The van der Waals surface area contributed by atoms with Gasteiger partial charge in [-0.2, -0.15) is 0 Å². The second kappa shape index (κ2) is 6.78. The van der Waals surface area contributed by atoms with Crippen molar-refractivity contribution >= 4 is 17.8 Å². The summed E-state index contributed by atoms with van der Waals surface area (Å²) in [6, 6.07) is -1.55. The van der Waals surface area contributed by atoms with E-state index in [4.69, 9.17) is 15.9 Å². The number of carbonyl (C=O) groups is 3. The number of nitrogens with one attached hydrogen (secondary N) is 1. The second-order valence-corrected chi connectivity index (χ2v) is 3.57. The molecule has 7 nitrogen and oxygen atoms in total. The number of nitrogens with two attached hydrogens (primary N) is 1. The minimum Gasteiger partial charge on any atom is -0.481 e. The van der Waals surface area contributed by atoms with Crippen molar-refractivity contribution in [3.63, 3.8) is 0 Å². The zero-order valence-corrected chi connectivity index (χ0v) is 8.97. The van der Waals surface area contributed by atoms with Gasteiger partial charge in [0, 0.05) is 18.9 Å². The van der Waals surface area contributed by atoms with Crippen molar-refractivity contribution in [1.29, 1.82) is 0 Å².